The molecule has 0 aromatic heterocycles. The lowest BCUT2D eigenvalue weighted by molar-refractivity contribution is -0.120. The van der Waals surface area contributed by atoms with E-state index in [0.29, 0.717) is 15.8 Å². The quantitative estimate of drug-likeness (QED) is 0.545. The third-order valence-electron chi connectivity index (χ3n) is 6.93. The Kier molecular flexibility index (Phi) is 6.64. The molecule has 5 rings (SSSR count). The highest BCUT2D eigenvalue weighted by Gasteiger charge is 2.40. The molecular weight excluding hydrogens is 455 g/mol. The summed E-state index contributed by atoms with van der Waals surface area (Å²) in [4.78, 5) is 13.2. The van der Waals surface area contributed by atoms with Crippen LogP contribution < -0.4 is 10.4 Å². The Hall–Kier alpha value is -2.08. The number of hydrazine groups is 1. The van der Waals surface area contributed by atoms with Gasteiger partial charge < -0.3 is 0 Å². The molecule has 2 fully saturated rings. The van der Waals surface area contributed by atoms with Crippen molar-refractivity contribution < 1.29 is 4.79 Å². The van der Waals surface area contributed by atoms with Crippen LogP contribution in [0.1, 0.15) is 56.2 Å². The van der Waals surface area contributed by atoms with Crippen LogP contribution in [-0.2, 0) is 11.2 Å². The SMILES string of the molecule is CC1C(C(=O)NN2CCCCC2)=NN(c2ccc(Cl)cc2Cl)C1c1ccc(CC2CC2)cc1. The highest BCUT2D eigenvalue weighted by molar-refractivity contribution is 6.41. The first-order valence-corrected chi connectivity index (χ1v) is 12.7. The van der Waals surface area contributed by atoms with Gasteiger partial charge in [-0.1, -0.05) is 60.8 Å². The van der Waals surface area contributed by atoms with Gasteiger partial charge in [-0.3, -0.25) is 15.2 Å². The van der Waals surface area contributed by atoms with Gasteiger partial charge in [0.25, 0.3) is 5.91 Å². The van der Waals surface area contributed by atoms with E-state index in [0.717, 1.165) is 49.5 Å². The second-order valence-corrected chi connectivity index (χ2v) is 10.4. The molecule has 174 valence electrons. The average Bonchev–Trinajstić information content (AvgIpc) is 3.55. The summed E-state index contributed by atoms with van der Waals surface area (Å²) < 4.78 is 0. The summed E-state index contributed by atoms with van der Waals surface area (Å²) in [6.45, 7) is 3.83. The van der Waals surface area contributed by atoms with Crippen molar-refractivity contribution >= 4 is 40.5 Å². The summed E-state index contributed by atoms with van der Waals surface area (Å²) in [6, 6.07) is 14.1. The van der Waals surface area contributed by atoms with Gasteiger partial charge >= 0.3 is 0 Å². The molecule has 0 spiro atoms. The van der Waals surface area contributed by atoms with Gasteiger partial charge in [-0.05, 0) is 67.3 Å². The molecule has 2 atom stereocenters. The maximum atomic E-state index is 13.2. The number of halogens is 2. The molecule has 0 bridgehead atoms. The monoisotopic (exact) mass is 484 g/mol. The van der Waals surface area contributed by atoms with Crippen LogP contribution in [0.2, 0.25) is 10.0 Å². The topological polar surface area (TPSA) is 47.9 Å². The molecule has 0 radical (unpaired) electrons. The van der Waals surface area contributed by atoms with Gasteiger partial charge in [0.1, 0.15) is 5.71 Å². The summed E-state index contributed by atoms with van der Waals surface area (Å²) in [7, 11) is 0. The van der Waals surface area contributed by atoms with Crippen molar-refractivity contribution in [3.05, 3.63) is 63.6 Å². The first kappa shape index (κ1) is 22.7. The number of anilines is 1. The average molecular weight is 485 g/mol. The number of carbonyl (C=O) groups is 1. The van der Waals surface area contributed by atoms with Crippen molar-refractivity contribution in [3.63, 3.8) is 0 Å². The third kappa shape index (κ3) is 5.06. The van der Waals surface area contributed by atoms with Crippen molar-refractivity contribution in [3.8, 4) is 0 Å². The van der Waals surface area contributed by atoms with Gasteiger partial charge in [-0.2, -0.15) is 5.10 Å². The second kappa shape index (κ2) is 9.65. The standard InChI is InChI=1S/C26H30Cl2N4O/c1-17-24(26(33)30-31-13-3-2-4-14-31)29-32(23-12-11-21(27)16-22(23)28)25(17)20-9-7-19(8-10-20)15-18-5-6-18/h7-12,16-18,25H,2-6,13-15H2,1H3,(H,30,33). The van der Waals surface area contributed by atoms with Crippen LogP contribution in [-0.4, -0.2) is 29.7 Å². The smallest absolute Gasteiger partial charge is 0.282 e. The predicted molar refractivity (Wildman–Crippen MR) is 135 cm³/mol. The van der Waals surface area contributed by atoms with Gasteiger partial charge in [0, 0.05) is 24.0 Å². The zero-order valence-electron chi connectivity index (χ0n) is 18.9. The van der Waals surface area contributed by atoms with Crippen molar-refractivity contribution in [2.75, 3.05) is 18.1 Å². The predicted octanol–water partition coefficient (Wildman–Crippen LogP) is 6.02. The molecule has 7 heteroatoms. The van der Waals surface area contributed by atoms with Crippen LogP contribution in [0.15, 0.2) is 47.6 Å². The van der Waals surface area contributed by atoms with E-state index in [4.69, 9.17) is 28.3 Å². The zero-order chi connectivity index (χ0) is 22.9. The van der Waals surface area contributed by atoms with E-state index >= 15 is 0 Å². The molecular formula is C26H30Cl2N4O. The molecule has 1 saturated heterocycles. The number of benzene rings is 2. The Morgan fingerprint density at radius 1 is 1.06 bits per heavy atom. The summed E-state index contributed by atoms with van der Waals surface area (Å²) >= 11 is 12.7. The zero-order valence-corrected chi connectivity index (χ0v) is 20.4. The minimum Gasteiger partial charge on any atom is -0.284 e. The molecule has 2 aliphatic heterocycles. The van der Waals surface area contributed by atoms with Crippen molar-refractivity contribution in [1.29, 1.82) is 0 Å². The fourth-order valence-electron chi connectivity index (χ4n) is 4.90. The van der Waals surface area contributed by atoms with E-state index in [-0.39, 0.29) is 17.9 Å². The fraction of sp³-hybridized carbons (Fsp3) is 0.462. The van der Waals surface area contributed by atoms with Gasteiger partial charge in [-0.15, -0.1) is 0 Å². The Morgan fingerprint density at radius 2 is 1.79 bits per heavy atom. The molecule has 1 N–H and O–H groups in total. The minimum absolute atomic E-state index is 0.101. The van der Waals surface area contributed by atoms with Crippen LogP contribution in [0.25, 0.3) is 0 Å². The molecule has 2 heterocycles. The van der Waals surface area contributed by atoms with E-state index in [2.05, 4.69) is 36.6 Å². The molecule has 1 aliphatic carbocycles. The number of piperidine rings is 1. The summed E-state index contributed by atoms with van der Waals surface area (Å²) in [5.41, 5.74) is 6.85. The number of hydrogen-bond donors (Lipinski definition) is 1. The number of nitrogens with zero attached hydrogens (tertiary/aromatic N) is 3. The van der Waals surface area contributed by atoms with Crippen LogP contribution in [0.5, 0.6) is 0 Å². The van der Waals surface area contributed by atoms with Crippen molar-refractivity contribution in [2.45, 2.75) is 51.5 Å². The number of hydrazone groups is 1. The lowest BCUT2D eigenvalue weighted by Crippen LogP contribution is -2.48. The number of hydrogen-bond acceptors (Lipinski definition) is 4. The van der Waals surface area contributed by atoms with Gasteiger partial charge in [0.15, 0.2) is 0 Å². The fourth-order valence-corrected chi connectivity index (χ4v) is 5.39. The lowest BCUT2D eigenvalue weighted by atomic mass is 9.90. The van der Waals surface area contributed by atoms with E-state index < -0.39 is 0 Å². The molecule has 33 heavy (non-hydrogen) atoms. The first-order chi connectivity index (χ1) is 16.0. The normalized spacial score (nSPS) is 23.5. The van der Waals surface area contributed by atoms with Gasteiger partial charge in [0.2, 0.25) is 0 Å². The van der Waals surface area contributed by atoms with Crippen LogP contribution in [0.3, 0.4) is 0 Å². The number of carbonyl (C=O) groups excluding carboxylic acids is 1. The number of rotatable bonds is 6. The minimum atomic E-state index is -0.132. The Morgan fingerprint density at radius 3 is 2.45 bits per heavy atom. The number of nitrogens with one attached hydrogen (secondary N) is 1. The van der Waals surface area contributed by atoms with Crippen molar-refractivity contribution in [2.24, 2.45) is 16.9 Å². The largest absolute Gasteiger partial charge is 0.284 e. The maximum Gasteiger partial charge on any atom is 0.282 e. The second-order valence-electron chi connectivity index (χ2n) is 9.54. The van der Waals surface area contributed by atoms with E-state index in [1.165, 1.54) is 24.8 Å². The highest BCUT2D eigenvalue weighted by Crippen LogP contribution is 2.42. The first-order valence-electron chi connectivity index (χ1n) is 12.0. The molecule has 1 saturated carbocycles. The van der Waals surface area contributed by atoms with Crippen LogP contribution in [0, 0.1) is 11.8 Å². The van der Waals surface area contributed by atoms with Gasteiger partial charge in [0.05, 0.1) is 16.8 Å². The molecule has 3 aliphatic rings. The molecule has 2 aromatic carbocycles. The summed E-state index contributed by atoms with van der Waals surface area (Å²) in [5, 5.41) is 9.82. The highest BCUT2D eigenvalue weighted by atomic mass is 35.5. The lowest BCUT2D eigenvalue weighted by Gasteiger charge is -2.28. The Balaban J connectivity index is 1.44. The third-order valence-corrected chi connectivity index (χ3v) is 7.47. The van der Waals surface area contributed by atoms with Gasteiger partial charge in [-0.25, -0.2) is 5.01 Å². The molecule has 2 aromatic rings. The Bertz CT molecular complexity index is 1040. The summed E-state index contributed by atoms with van der Waals surface area (Å²) in [5.74, 6) is 0.613. The van der Waals surface area contributed by atoms with E-state index in [1.54, 1.807) is 6.07 Å². The molecule has 1 amide bonds. The van der Waals surface area contributed by atoms with Crippen LogP contribution in [0.4, 0.5) is 5.69 Å². The van der Waals surface area contributed by atoms with E-state index in [9.17, 15) is 4.79 Å². The maximum absolute atomic E-state index is 13.2. The van der Waals surface area contributed by atoms with E-state index in [1.807, 2.05) is 22.2 Å². The Labute approximate surface area is 205 Å². The molecule has 2 unspecified atom stereocenters. The van der Waals surface area contributed by atoms with Crippen molar-refractivity contribution in [1.82, 2.24) is 10.4 Å². The van der Waals surface area contributed by atoms with Crippen LogP contribution >= 0.6 is 23.2 Å². The summed E-state index contributed by atoms with van der Waals surface area (Å²) in [6.07, 6.45) is 7.25. The number of amides is 1. The molecule has 5 nitrogen and oxygen atoms in total.